The van der Waals surface area contributed by atoms with E-state index >= 15 is 0 Å². The molecular formula is C17H25N3O2. The normalized spacial score (nSPS) is 18.1. The van der Waals surface area contributed by atoms with Crippen LogP contribution in [0.25, 0.3) is 0 Å². The number of hydrogen-bond donors (Lipinski definition) is 1. The molecule has 1 unspecified atom stereocenters. The topological polar surface area (TPSA) is 52.7 Å². The van der Waals surface area contributed by atoms with Crippen molar-refractivity contribution < 1.29 is 9.59 Å². The number of nitrogens with one attached hydrogen (secondary N) is 1. The summed E-state index contributed by atoms with van der Waals surface area (Å²) in [5.74, 6) is -0.799. The highest BCUT2D eigenvalue weighted by Gasteiger charge is 2.37. The van der Waals surface area contributed by atoms with E-state index in [9.17, 15) is 9.59 Å². The third-order valence-corrected chi connectivity index (χ3v) is 4.18. The molecule has 0 radical (unpaired) electrons. The van der Waals surface area contributed by atoms with Crippen molar-refractivity contribution in [3.05, 3.63) is 29.3 Å². The summed E-state index contributed by atoms with van der Waals surface area (Å²) in [5.41, 5.74) is 3.24. The predicted octanol–water partition coefficient (Wildman–Crippen LogP) is 1.33. The summed E-state index contributed by atoms with van der Waals surface area (Å²) in [6.07, 6.45) is 0.583. The van der Waals surface area contributed by atoms with E-state index in [0.717, 1.165) is 17.8 Å². The standard InChI is InChI=1S/C17H25N3O2/c1-12-5-6-14(11-13(12)2)20-9-7-15(17(20)22)16(21)18-8-10-19(3)4/h5-6,11,15H,7-10H2,1-4H3,(H,18,21). The Kier molecular flexibility index (Phi) is 5.19. The molecule has 1 fully saturated rings. The van der Waals surface area contributed by atoms with Gasteiger partial charge in [-0.1, -0.05) is 6.07 Å². The Morgan fingerprint density at radius 1 is 1.32 bits per heavy atom. The Labute approximate surface area is 132 Å². The van der Waals surface area contributed by atoms with Crippen LogP contribution in [0.3, 0.4) is 0 Å². The van der Waals surface area contributed by atoms with Gasteiger partial charge in [-0.25, -0.2) is 0 Å². The summed E-state index contributed by atoms with van der Waals surface area (Å²) >= 11 is 0. The van der Waals surface area contributed by atoms with Gasteiger partial charge in [0.05, 0.1) is 0 Å². The second-order valence-corrected chi connectivity index (χ2v) is 6.19. The highest BCUT2D eigenvalue weighted by atomic mass is 16.2. The van der Waals surface area contributed by atoms with Crippen LogP contribution in [0.15, 0.2) is 18.2 Å². The van der Waals surface area contributed by atoms with Crippen LogP contribution < -0.4 is 10.2 Å². The van der Waals surface area contributed by atoms with Gasteiger partial charge < -0.3 is 15.1 Å². The lowest BCUT2D eigenvalue weighted by Crippen LogP contribution is -2.39. The Morgan fingerprint density at radius 3 is 2.68 bits per heavy atom. The lowest BCUT2D eigenvalue weighted by molar-refractivity contribution is -0.132. The Hall–Kier alpha value is -1.88. The summed E-state index contributed by atoms with van der Waals surface area (Å²) in [5, 5.41) is 2.85. The number of carbonyl (C=O) groups is 2. The molecular weight excluding hydrogens is 278 g/mol. The van der Waals surface area contributed by atoms with Gasteiger partial charge in [-0.3, -0.25) is 9.59 Å². The highest BCUT2D eigenvalue weighted by molar-refractivity contribution is 6.09. The van der Waals surface area contributed by atoms with Crippen molar-refractivity contribution in [3.63, 3.8) is 0 Å². The van der Waals surface area contributed by atoms with Crippen molar-refractivity contribution in [2.24, 2.45) is 5.92 Å². The van der Waals surface area contributed by atoms with Crippen molar-refractivity contribution in [1.82, 2.24) is 10.2 Å². The van der Waals surface area contributed by atoms with E-state index in [1.807, 2.05) is 51.0 Å². The van der Waals surface area contributed by atoms with Crippen molar-refractivity contribution in [1.29, 1.82) is 0 Å². The monoisotopic (exact) mass is 303 g/mol. The maximum atomic E-state index is 12.5. The first-order chi connectivity index (χ1) is 10.4. The number of likely N-dealkylation sites (N-methyl/N-ethyl adjacent to an activating group) is 1. The minimum absolute atomic E-state index is 0.0920. The molecule has 2 rings (SSSR count). The van der Waals surface area contributed by atoms with Crippen LogP contribution in [-0.4, -0.2) is 50.4 Å². The molecule has 5 nitrogen and oxygen atoms in total. The van der Waals surface area contributed by atoms with Crippen molar-refractivity contribution in [3.8, 4) is 0 Å². The fraction of sp³-hybridized carbons (Fsp3) is 0.529. The molecule has 1 aliphatic heterocycles. The lowest BCUT2D eigenvalue weighted by Gasteiger charge is -2.18. The maximum absolute atomic E-state index is 12.5. The number of anilines is 1. The molecule has 1 saturated heterocycles. The van der Waals surface area contributed by atoms with Crippen LogP contribution in [0.4, 0.5) is 5.69 Å². The molecule has 1 aromatic carbocycles. The van der Waals surface area contributed by atoms with Crippen molar-refractivity contribution in [2.75, 3.05) is 38.6 Å². The summed E-state index contributed by atoms with van der Waals surface area (Å²) in [4.78, 5) is 28.4. The molecule has 1 atom stereocenters. The predicted molar refractivity (Wildman–Crippen MR) is 87.9 cm³/mol. The maximum Gasteiger partial charge on any atom is 0.239 e. The second-order valence-electron chi connectivity index (χ2n) is 6.19. The SMILES string of the molecule is Cc1ccc(N2CCC(C(=O)NCCN(C)C)C2=O)cc1C. The van der Waals surface area contributed by atoms with E-state index in [-0.39, 0.29) is 11.8 Å². The van der Waals surface area contributed by atoms with Gasteiger partial charge in [-0.15, -0.1) is 0 Å². The first-order valence-electron chi connectivity index (χ1n) is 7.71. The van der Waals surface area contributed by atoms with Crippen LogP contribution >= 0.6 is 0 Å². The van der Waals surface area contributed by atoms with Gasteiger partial charge in [0.25, 0.3) is 0 Å². The molecule has 2 amide bonds. The molecule has 1 aliphatic rings. The van der Waals surface area contributed by atoms with E-state index < -0.39 is 5.92 Å². The van der Waals surface area contributed by atoms with E-state index in [4.69, 9.17) is 0 Å². The average Bonchev–Trinajstić information content (AvgIpc) is 2.83. The van der Waals surface area contributed by atoms with E-state index in [0.29, 0.717) is 19.5 Å². The second kappa shape index (κ2) is 6.92. The first-order valence-corrected chi connectivity index (χ1v) is 7.71. The van der Waals surface area contributed by atoms with Crippen LogP contribution in [0.2, 0.25) is 0 Å². The van der Waals surface area contributed by atoms with E-state index in [2.05, 4.69) is 5.32 Å². The molecule has 0 saturated carbocycles. The number of rotatable bonds is 5. The molecule has 0 aliphatic carbocycles. The van der Waals surface area contributed by atoms with Gasteiger partial charge in [-0.2, -0.15) is 0 Å². The van der Waals surface area contributed by atoms with Gasteiger partial charge in [-0.05, 0) is 57.6 Å². The Bertz CT molecular complexity index is 569. The third kappa shape index (κ3) is 3.65. The van der Waals surface area contributed by atoms with Crippen molar-refractivity contribution in [2.45, 2.75) is 20.3 Å². The number of aryl methyl sites for hydroxylation is 2. The van der Waals surface area contributed by atoms with Gasteiger partial charge >= 0.3 is 0 Å². The molecule has 1 aromatic rings. The molecule has 5 heteroatoms. The van der Waals surface area contributed by atoms with Crippen LogP contribution in [-0.2, 0) is 9.59 Å². The number of carbonyl (C=O) groups excluding carboxylic acids is 2. The number of hydrogen-bond acceptors (Lipinski definition) is 3. The molecule has 0 spiro atoms. The summed E-state index contributed by atoms with van der Waals surface area (Å²) in [7, 11) is 3.91. The number of nitrogens with zero attached hydrogens (tertiary/aromatic N) is 2. The van der Waals surface area contributed by atoms with Crippen molar-refractivity contribution >= 4 is 17.5 Å². The molecule has 1 N–H and O–H groups in total. The van der Waals surface area contributed by atoms with Gasteiger partial charge in [0, 0.05) is 25.3 Å². The lowest BCUT2D eigenvalue weighted by atomic mass is 10.1. The zero-order valence-corrected chi connectivity index (χ0v) is 13.8. The third-order valence-electron chi connectivity index (χ3n) is 4.18. The summed E-state index contributed by atoms with van der Waals surface area (Å²) in [6, 6.07) is 5.98. The molecule has 1 heterocycles. The number of benzene rings is 1. The van der Waals surface area contributed by atoms with Crippen LogP contribution in [0, 0.1) is 19.8 Å². The molecule has 22 heavy (non-hydrogen) atoms. The van der Waals surface area contributed by atoms with Gasteiger partial charge in [0.1, 0.15) is 5.92 Å². The van der Waals surface area contributed by atoms with Gasteiger partial charge in [0.2, 0.25) is 11.8 Å². The van der Waals surface area contributed by atoms with E-state index in [1.165, 1.54) is 5.56 Å². The van der Waals surface area contributed by atoms with E-state index in [1.54, 1.807) is 4.90 Å². The quantitative estimate of drug-likeness (QED) is 0.835. The summed E-state index contributed by atoms with van der Waals surface area (Å²) < 4.78 is 0. The average molecular weight is 303 g/mol. The molecule has 120 valence electrons. The van der Waals surface area contributed by atoms with Crippen LogP contribution in [0.1, 0.15) is 17.5 Å². The summed E-state index contributed by atoms with van der Waals surface area (Å²) in [6.45, 7) is 6.02. The fourth-order valence-corrected chi connectivity index (χ4v) is 2.60. The highest BCUT2D eigenvalue weighted by Crippen LogP contribution is 2.27. The van der Waals surface area contributed by atoms with Gasteiger partial charge in [0.15, 0.2) is 0 Å². The van der Waals surface area contributed by atoms with Crippen LogP contribution in [0.5, 0.6) is 0 Å². The zero-order chi connectivity index (χ0) is 16.3. The Morgan fingerprint density at radius 2 is 2.05 bits per heavy atom. The zero-order valence-electron chi connectivity index (χ0n) is 13.8. The fourth-order valence-electron chi connectivity index (χ4n) is 2.60. The smallest absolute Gasteiger partial charge is 0.239 e. The Balaban J connectivity index is 2.00. The minimum atomic E-state index is -0.552. The number of amides is 2. The minimum Gasteiger partial charge on any atom is -0.354 e. The largest absolute Gasteiger partial charge is 0.354 e. The molecule has 0 aromatic heterocycles. The molecule has 0 bridgehead atoms. The first kappa shape index (κ1) is 16.5.